The summed E-state index contributed by atoms with van der Waals surface area (Å²) in [4.78, 5) is 0. The van der Waals surface area contributed by atoms with Crippen LogP contribution in [0.25, 0.3) is 0 Å². The summed E-state index contributed by atoms with van der Waals surface area (Å²) < 4.78 is 4.82. The van der Waals surface area contributed by atoms with E-state index in [0.717, 1.165) is 0 Å². The average molecular weight is 117 g/mol. The van der Waals surface area contributed by atoms with E-state index in [-0.39, 0.29) is 0 Å². The molecule has 0 aliphatic rings. The highest BCUT2D eigenvalue weighted by Gasteiger charge is 2.18. The van der Waals surface area contributed by atoms with E-state index >= 15 is 0 Å². The molecule has 0 heterocycles. The standard InChI is InChI=1S/C6H13O2/c1-4-6(3,7)8-5-2/h4-5H2,1-3H3. The van der Waals surface area contributed by atoms with Gasteiger partial charge in [-0.25, -0.2) is 0 Å². The third-order valence-corrected chi connectivity index (χ3v) is 1.09. The molecule has 1 unspecified atom stereocenters. The van der Waals surface area contributed by atoms with Gasteiger partial charge in [0.25, 0.3) is 0 Å². The number of ether oxygens (including phenoxy) is 1. The minimum Gasteiger partial charge on any atom is -0.348 e. The van der Waals surface area contributed by atoms with Crippen molar-refractivity contribution in [3.8, 4) is 0 Å². The molecule has 49 valence electrons. The van der Waals surface area contributed by atoms with Crippen LogP contribution in [0.2, 0.25) is 0 Å². The summed E-state index contributed by atoms with van der Waals surface area (Å²) >= 11 is 0. The van der Waals surface area contributed by atoms with Gasteiger partial charge in [0.05, 0.1) is 0 Å². The van der Waals surface area contributed by atoms with Crippen LogP contribution in [0.15, 0.2) is 0 Å². The molecule has 1 radical (unpaired) electrons. The lowest BCUT2D eigenvalue weighted by molar-refractivity contribution is -0.226. The van der Waals surface area contributed by atoms with Crippen LogP contribution >= 0.6 is 0 Å². The molecule has 8 heavy (non-hydrogen) atoms. The summed E-state index contributed by atoms with van der Waals surface area (Å²) in [7, 11) is 0. The van der Waals surface area contributed by atoms with Crippen LogP contribution in [0.5, 0.6) is 0 Å². The Hall–Kier alpha value is -0.0800. The molecular weight excluding hydrogens is 104 g/mol. The molecule has 0 aliphatic heterocycles. The van der Waals surface area contributed by atoms with E-state index in [1.54, 1.807) is 6.92 Å². The van der Waals surface area contributed by atoms with Crippen LogP contribution < -0.4 is 0 Å². The molecule has 0 fully saturated rings. The molecule has 0 aromatic rings. The zero-order chi connectivity index (χ0) is 6.62. The first-order valence-corrected chi connectivity index (χ1v) is 2.96. The predicted octanol–water partition coefficient (Wildman–Crippen LogP) is 1.58. The SMILES string of the molecule is CCOC(C)([O])CC. The van der Waals surface area contributed by atoms with Gasteiger partial charge in [0.2, 0.25) is 0 Å². The molecule has 0 rings (SSSR count). The fourth-order valence-corrected chi connectivity index (χ4v) is 0.407. The molecule has 1 atom stereocenters. The van der Waals surface area contributed by atoms with Crippen LogP contribution in [0.3, 0.4) is 0 Å². The van der Waals surface area contributed by atoms with Crippen LogP contribution in [0, 0.1) is 0 Å². The second-order valence-corrected chi connectivity index (χ2v) is 1.92. The molecular formula is C6H13O2. The van der Waals surface area contributed by atoms with Gasteiger partial charge < -0.3 is 4.74 Å². The van der Waals surface area contributed by atoms with Gasteiger partial charge in [0.1, 0.15) is 0 Å². The second-order valence-electron chi connectivity index (χ2n) is 1.92. The van der Waals surface area contributed by atoms with Crippen molar-refractivity contribution >= 4 is 0 Å². The van der Waals surface area contributed by atoms with Gasteiger partial charge in [0.15, 0.2) is 5.79 Å². The second kappa shape index (κ2) is 3.05. The third-order valence-electron chi connectivity index (χ3n) is 1.09. The Labute approximate surface area is 50.5 Å². The van der Waals surface area contributed by atoms with Crippen LogP contribution in [0.4, 0.5) is 0 Å². The first-order valence-electron chi connectivity index (χ1n) is 2.96. The number of hydrogen-bond acceptors (Lipinski definition) is 1. The van der Waals surface area contributed by atoms with Gasteiger partial charge >= 0.3 is 0 Å². The third kappa shape index (κ3) is 2.99. The smallest absolute Gasteiger partial charge is 0.198 e. The minimum atomic E-state index is -1.16. The lowest BCUT2D eigenvalue weighted by atomic mass is 10.2. The number of hydrogen-bond donors (Lipinski definition) is 0. The molecule has 2 heteroatoms. The highest BCUT2D eigenvalue weighted by molar-refractivity contribution is 4.52. The van der Waals surface area contributed by atoms with Crippen molar-refractivity contribution in [2.75, 3.05) is 6.61 Å². The highest BCUT2D eigenvalue weighted by Crippen LogP contribution is 2.09. The lowest BCUT2D eigenvalue weighted by Gasteiger charge is -2.17. The fraction of sp³-hybridized carbons (Fsp3) is 1.00. The first-order chi connectivity index (χ1) is 3.62. The maximum atomic E-state index is 10.8. The molecule has 0 spiro atoms. The molecule has 2 nitrogen and oxygen atoms in total. The Morgan fingerprint density at radius 3 is 2.12 bits per heavy atom. The van der Waals surface area contributed by atoms with Crippen molar-refractivity contribution < 1.29 is 9.84 Å². The van der Waals surface area contributed by atoms with Crippen molar-refractivity contribution in [3.05, 3.63) is 0 Å². The Morgan fingerprint density at radius 2 is 2.00 bits per heavy atom. The topological polar surface area (TPSA) is 29.1 Å². The van der Waals surface area contributed by atoms with Gasteiger partial charge in [-0.3, -0.25) is 0 Å². The quantitative estimate of drug-likeness (QED) is 0.516. The maximum absolute atomic E-state index is 10.8. The fourth-order valence-electron chi connectivity index (χ4n) is 0.407. The molecule has 0 aromatic heterocycles. The van der Waals surface area contributed by atoms with Gasteiger partial charge in [0, 0.05) is 13.0 Å². The maximum Gasteiger partial charge on any atom is 0.198 e. The largest absolute Gasteiger partial charge is 0.348 e. The number of rotatable bonds is 3. The van der Waals surface area contributed by atoms with Gasteiger partial charge in [-0.1, -0.05) is 6.92 Å². The van der Waals surface area contributed by atoms with Crippen molar-refractivity contribution in [3.63, 3.8) is 0 Å². The van der Waals surface area contributed by atoms with Crippen LogP contribution in [-0.2, 0) is 9.84 Å². The average Bonchev–Trinajstić information content (AvgIpc) is 1.67. The molecule has 0 aromatic carbocycles. The van der Waals surface area contributed by atoms with E-state index in [2.05, 4.69) is 0 Å². The zero-order valence-corrected chi connectivity index (χ0v) is 5.73. The van der Waals surface area contributed by atoms with E-state index in [4.69, 9.17) is 4.74 Å². The monoisotopic (exact) mass is 117 g/mol. The van der Waals surface area contributed by atoms with Crippen molar-refractivity contribution in [1.29, 1.82) is 0 Å². The van der Waals surface area contributed by atoms with Gasteiger partial charge in [-0.05, 0) is 13.8 Å². The zero-order valence-electron chi connectivity index (χ0n) is 5.73. The van der Waals surface area contributed by atoms with E-state index < -0.39 is 5.79 Å². The minimum absolute atomic E-state index is 0.508. The predicted molar refractivity (Wildman–Crippen MR) is 31.0 cm³/mol. The van der Waals surface area contributed by atoms with Crippen LogP contribution in [0.1, 0.15) is 27.2 Å². The Balaban J connectivity index is 3.37. The summed E-state index contributed by atoms with van der Waals surface area (Å²) in [6.45, 7) is 5.71. The van der Waals surface area contributed by atoms with E-state index in [1.807, 2.05) is 13.8 Å². The Morgan fingerprint density at radius 1 is 1.50 bits per heavy atom. The lowest BCUT2D eigenvalue weighted by Crippen LogP contribution is -2.24. The van der Waals surface area contributed by atoms with E-state index in [0.29, 0.717) is 13.0 Å². The van der Waals surface area contributed by atoms with E-state index in [9.17, 15) is 5.11 Å². The summed E-state index contributed by atoms with van der Waals surface area (Å²) in [6, 6.07) is 0. The Bertz CT molecular complexity index is 59.5. The summed E-state index contributed by atoms with van der Waals surface area (Å²) in [6.07, 6.45) is 0.529. The molecule has 0 aliphatic carbocycles. The highest BCUT2D eigenvalue weighted by atomic mass is 16.6. The molecule has 0 amide bonds. The first kappa shape index (κ1) is 7.92. The Kier molecular flexibility index (Phi) is 3.02. The van der Waals surface area contributed by atoms with Crippen LogP contribution in [-0.4, -0.2) is 12.4 Å². The van der Waals surface area contributed by atoms with Gasteiger partial charge in [-0.15, -0.1) is 0 Å². The summed E-state index contributed by atoms with van der Waals surface area (Å²) in [5.74, 6) is -1.16. The van der Waals surface area contributed by atoms with Gasteiger partial charge in [-0.2, -0.15) is 5.11 Å². The van der Waals surface area contributed by atoms with Crippen molar-refractivity contribution in [2.45, 2.75) is 33.0 Å². The molecule has 0 bridgehead atoms. The summed E-state index contributed by atoms with van der Waals surface area (Å²) in [5, 5.41) is 10.8. The van der Waals surface area contributed by atoms with Crippen molar-refractivity contribution in [2.24, 2.45) is 0 Å². The summed E-state index contributed by atoms with van der Waals surface area (Å²) in [5.41, 5.74) is 0. The molecule has 0 N–H and O–H groups in total. The normalized spacial score (nSPS) is 18.0. The van der Waals surface area contributed by atoms with Crippen molar-refractivity contribution in [1.82, 2.24) is 0 Å². The molecule has 0 saturated carbocycles. The van der Waals surface area contributed by atoms with E-state index in [1.165, 1.54) is 0 Å². The molecule has 0 saturated heterocycles.